The van der Waals surface area contributed by atoms with Gasteiger partial charge in [-0.1, -0.05) is 55.3 Å². The lowest BCUT2D eigenvalue weighted by molar-refractivity contribution is -0.302. The number of esters is 10. The predicted molar refractivity (Wildman–Crippen MR) is 467 cm³/mol. The first-order valence-electron chi connectivity index (χ1n) is 42.3. The first kappa shape index (κ1) is 119. The fraction of sp³-hybridized carbons (Fsp3) is 0.724. The Morgan fingerprint density at radius 1 is 0.493 bits per heavy atom. The van der Waals surface area contributed by atoms with Crippen LogP contribution >= 0.6 is 32.9 Å². The highest BCUT2D eigenvalue weighted by molar-refractivity contribution is 7.61. The number of phosphoric ester groups is 3. The Kier molecular flexibility index (Phi) is 48.4. The molecular weight excluding hydrogens is 1940 g/mol. The summed E-state index contributed by atoms with van der Waals surface area (Å²) < 4.78 is 145. The number of aliphatic hydroxyl groups excluding tert-OH is 5. The molecule has 0 amide bonds. The summed E-state index contributed by atoms with van der Waals surface area (Å²) in [7, 11) is -14.3. The first-order valence-corrected chi connectivity index (χ1v) is 47.3. The van der Waals surface area contributed by atoms with Gasteiger partial charge in [0.05, 0.1) is 58.3 Å². The number of rotatable bonds is 28. The van der Waals surface area contributed by atoms with Crippen LogP contribution in [0.2, 0.25) is 0 Å². The highest BCUT2D eigenvalue weighted by Crippen LogP contribution is 2.62. The minimum Gasteiger partial charge on any atom is -0.462 e. The fourth-order valence-electron chi connectivity index (χ4n) is 14.9. The number of hydrogen-bond acceptors (Lipinski definition) is 48. The van der Waals surface area contributed by atoms with Crippen molar-refractivity contribution in [1.29, 1.82) is 0 Å². The van der Waals surface area contributed by atoms with Gasteiger partial charge in [-0.2, -0.15) is 4.31 Å². The smallest absolute Gasteiger partial charge is 0.462 e. The number of carbonyl (C=O) groups is 10. The maximum atomic E-state index is 13.2. The fourth-order valence-corrected chi connectivity index (χ4v) is 17.7. The van der Waals surface area contributed by atoms with Gasteiger partial charge in [-0.15, -0.1) is 0 Å². The van der Waals surface area contributed by atoms with Crippen LogP contribution in [-0.4, -0.2) is 372 Å². The Bertz CT molecular complexity index is 4810. The lowest BCUT2D eigenvalue weighted by Crippen LogP contribution is -2.65. The van der Waals surface area contributed by atoms with Gasteiger partial charge < -0.3 is 154 Å². The molecule has 0 radical (unpaired) electrons. The maximum Gasteiger partial charge on any atom is 0.483 e. The highest BCUT2D eigenvalue weighted by Gasteiger charge is 2.60. The molecule has 9 unspecified atom stereocenters. The molecule has 58 nitrogen and oxygen atoms in total. The molecule has 23 atom stereocenters. The third-order valence-corrected chi connectivity index (χ3v) is 24.2. The van der Waals surface area contributed by atoms with Gasteiger partial charge in [0.15, 0.2) is 90.2 Å². The van der Waals surface area contributed by atoms with Crippen LogP contribution in [0.3, 0.4) is 0 Å². The van der Waals surface area contributed by atoms with E-state index in [9.17, 15) is 102 Å². The zero-order chi connectivity index (χ0) is 99.5. The van der Waals surface area contributed by atoms with Crippen LogP contribution in [0.15, 0.2) is 30.3 Å². The largest absolute Gasteiger partial charge is 0.483 e. The molecule has 0 bridgehead atoms. The van der Waals surface area contributed by atoms with Gasteiger partial charge in [0.2, 0.25) is 12.6 Å². The van der Waals surface area contributed by atoms with Crippen LogP contribution < -0.4 is 16.8 Å². The minimum atomic E-state index is -5.95. The number of anilines is 2. The van der Waals surface area contributed by atoms with Crippen molar-refractivity contribution in [3.8, 4) is 0 Å². The molecule has 138 heavy (non-hydrogen) atoms. The number of nitrogen functional groups attached to an aromatic ring is 2. The van der Waals surface area contributed by atoms with E-state index in [0.717, 1.165) is 128 Å². The Morgan fingerprint density at radius 2 is 0.877 bits per heavy atom. The van der Waals surface area contributed by atoms with Crippen molar-refractivity contribution in [3.05, 3.63) is 25.3 Å². The second-order valence-electron chi connectivity index (χ2n) is 31.2. The van der Waals surface area contributed by atoms with Crippen molar-refractivity contribution in [2.45, 2.75) is 276 Å². The van der Waals surface area contributed by atoms with Gasteiger partial charge in [-0.05, 0) is 25.7 Å². The number of aliphatic hydroxyl groups is 5. The second kappa shape index (κ2) is 55.9. The third kappa shape index (κ3) is 36.5. The third-order valence-electron chi connectivity index (χ3n) is 20.6. The molecule has 4 aromatic rings. The summed E-state index contributed by atoms with van der Waals surface area (Å²) in [5.41, 5.74) is 12.4. The lowest BCUT2D eigenvalue weighted by atomic mass is 9.94. The summed E-state index contributed by atoms with van der Waals surface area (Å²) in [6.07, 6.45) is -14.7. The maximum absolute atomic E-state index is 13.2. The van der Waals surface area contributed by atoms with Crippen LogP contribution in [-0.2, 0) is 155 Å². The number of aliphatic imine (C=N–C) groups is 1. The molecule has 6 aliphatic heterocycles. The molecule has 6 saturated heterocycles. The van der Waals surface area contributed by atoms with Gasteiger partial charge in [0.1, 0.15) is 85.7 Å². The van der Waals surface area contributed by atoms with E-state index in [2.05, 4.69) is 63.0 Å². The van der Waals surface area contributed by atoms with Crippen molar-refractivity contribution >= 4 is 132 Å². The van der Waals surface area contributed by atoms with Crippen molar-refractivity contribution in [1.82, 2.24) is 53.9 Å². The van der Waals surface area contributed by atoms with Gasteiger partial charge >= 0.3 is 83.2 Å². The molecule has 10 heterocycles. The van der Waals surface area contributed by atoms with Gasteiger partial charge in [-0.3, -0.25) is 75.3 Å². The standard InChI is InChI=1S/C27H37N5O21P2.C17H31N3O.C17H25O15P.C10H13N5O4.C4H10NOP.CH4.2H2O/c1-10(33)44-6-16(46-11(2)34)20-21(47-12(3)35)22(48-13(4)36)23(49-14(5)37)27(51-20)52-55(42,43)53-54(40,41)45-7-15-18(38)19(39)26(50-15)32-9-31-17-24(28)29-8-30-25(17)32;1-3-7-15(8-4-1)18-17(20-11-13-21-14-12-20)19-16-9-5-2-6-10-16;1-7(18)26-6-12(27-8(2)19)13-14(28-9(3)20)15(29-10(4)21)16(30-11(5)22)17(31-13)32-33(23,24)25;11-8-5-9(13-2-12-8)15(3-14-5)10-7(18)6(17)4(1-16)19-10;7-5-1-3-6-4-2-5;;;/h8-9,15-16,18-23,26-27,38-39H,6-7H2,1-5H3,(H,40,41)(H,42,43)(H2,28,29,30);15-16H,1-14H2,(H,18,19);12-17H,6H2,1-5H3,(H2,23,24,25);2-4,6-7,10,16-18H,1H2,(H2,11,12,13);1-4,7H2;1H4;2*1H2/t15-,16-,18?,19+,20?,21-,22+,23?,26-,27+;;12-,13?,14-,15+,16?,17+;4-,6?,7+,10-;;;;/m1.11..../s1. The Labute approximate surface area is 791 Å². The average Bonchev–Trinajstić information content (AvgIpc) is 0.886. The molecule has 2 saturated carbocycles. The van der Waals surface area contributed by atoms with Crippen LogP contribution in [0.5, 0.6) is 0 Å². The van der Waals surface area contributed by atoms with E-state index in [1.165, 1.54) is 98.3 Å². The number of hydrogen-bond donors (Lipinski definition) is 12. The SMILES string of the molecule is C.C1CCC(N=C(NC2CCCCC2)N2CCOCC2)CC1.CC(=O)OC[C@@H](OC(C)=O)C1O[C@@H](OP(=O)(O)O)C(OC(C)=O)[C@@H](OC(C)=O)[C@@H]1OC(C)=O.CC(=O)OC[C@@H](OC(C)=O)C1O[C@@H](OP(=O)(O)OP(=O)(O)OC[C@H]2O[C@@H](n3cnc4c(N)ncnc43)[C@@H](O)C2O)C(OC(C)=O)[C@@H](OC(C)=O)[C@@H]1OC(C)=O.Nc1ncnc2c1ncn2[C@@H]1O[C@H](CO)C(O)[C@@H]1O.O.O.PN1CCOCC1. The monoisotopic (exact) mass is 2060 g/mol. The van der Waals surface area contributed by atoms with Crippen molar-refractivity contribution in [2.24, 2.45) is 4.99 Å². The van der Waals surface area contributed by atoms with E-state index in [-0.39, 0.29) is 41.2 Å². The number of nitrogens with one attached hydrogen (secondary N) is 1. The quantitative estimate of drug-likeness (QED) is 0.00915. The summed E-state index contributed by atoms with van der Waals surface area (Å²) >= 11 is 0. The Hall–Kier alpha value is -9.09. The number of imidazole rings is 2. The summed E-state index contributed by atoms with van der Waals surface area (Å²) in [6.45, 7) is 14.2. The number of ether oxygens (including phenoxy) is 16. The van der Waals surface area contributed by atoms with E-state index < -0.39 is 232 Å². The summed E-state index contributed by atoms with van der Waals surface area (Å²) in [5.74, 6) is -8.36. The highest BCUT2D eigenvalue weighted by atomic mass is 31.3. The molecule has 0 spiro atoms. The van der Waals surface area contributed by atoms with Crippen LogP contribution in [0.1, 0.15) is 153 Å². The number of fused-ring (bicyclic) bond motifs is 2. The first-order chi connectivity index (χ1) is 63.6. The van der Waals surface area contributed by atoms with Crippen LogP contribution in [0.25, 0.3) is 22.3 Å². The molecular formula is C76H124N14O44P4. The van der Waals surface area contributed by atoms with Gasteiger partial charge in [0.25, 0.3) is 0 Å². The molecule has 8 fully saturated rings. The molecule has 2 aliphatic carbocycles. The minimum absolute atomic E-state index is 0. The Morgan fingerprint density at radius 3 is 1.25 bits per heavy atom. The topological polar surface area (TPSA) is 822 Å². The molecule has 8 aliphatic rings. The summed E-state index contributed by atoms with van der Waals surface area (Å²) in [6, 6.07) is 1.19. The zero-order valence-electron chi connectivity index (χ0n) is 76.1. The van der Waals surface area contributed by atoms with Crippen molar-refractivity contribution in [3.63, 3.8) is 0 Å². The molecule has 18 N–H and O–H groups in total. The van der Waals surface area contributed by atoms with E-state index in [0.29, 0.717) is 23.2 Å². The zero-order valence-corrected chi connectivity index (χ0v) is 79.9. The molecule has 12 rings (SSSR count). The number of phosphoric acid groups is 3. The lowest BCUT2D eigenvalue weighted by Gasteiger charge is -2.45. The van der Waals surface area contributed by atoms with E-state index >= 15 is 0 Å². The summed E-state index contributed by atoms with van der Waals surface area (Å²) in [5, 5.41) is 53.8. The van der Waals surface area contributed by atoms with Crippen molar-refractivity contribution < 1.29 is 211 Å². The average molecular weight is 2060 g/mol. The number of guanidine groups is 1. The molecule has 4 aromatic heterocycles. The number of nitrogens with two attached hydrogens (primary N) is 2. The number of carbonyl (C=O) groups excluding carboxylic acids is 10. The normalized spacial score (nSPS) is 27.5. The molecule has 62 heteroatoms. The van der Waals surface area contributed by atoms with Crippen molar-refractivity contribution in [2.75, 3.05) is 90.5 Å². The molecule has 0 aromatic carbocycles. The number of aromatic nitrogens is 8. The van der Waals surface area contributed by atoms with Gasteiger partial charge in [0, 0.05) is 101 Å². The van der Waals surface area contributed by atoms with Crippen LogP contribution in [0.4, 0.5) is 11.6 Å². The Balaban J connectivity index is 0.000000341. The summed E-state index contributed by atoms with van der Waals surface area (Å²) in [4.78, 5) is 189. The van der Waals surface area contributed by atoms with Gasteiger partial charge in [-0.25, -0.2) is 48.6 Å². The van der Waals surface area contributed by atoms with E-state index in [1.807, 2.05) is 0 Å². The van der Waals surface area contributed by atoms with Crippen LogP contribution in [0, 0.1) is 0 Å². The van der Waals surface area contributed by atoms with E-state index in [4.69, 9.17) is 106 Å². The predicted octanol–water partition coefficient (Wildman–Crippen LogP) is -2.55. The second-order valence-corrected chi connectivity index (χ2v) is 36.1. The van der Waals surface area contributed by atoms with E-state index in [1.54, 1.807) is 0 Å². The molecule has 782 valence electrons. The number of nitrogens with zero attached hydrogens (tertiary/aromatic N) is 11. The number of morpholine rings is 2.